The summed E-state index contributed by atoms with van der Waals surface area (Å²) in [7, 11) is -4.38. The van der Waals surface area contributed by atoms with Gasteiger partial charge in [0.25, 0.3) is 5.56 Å². The monoisotopic (exact) mass is 545 g/mol. The molecule has 0 aliphatic heterocycles. The Hall–Kier alpha value is -3.00. The van der Waals surface area contributed by atoms with Gasteiger partial charge in [-0.2, -0.15) is 10.2 Å². The molecule has 2 aromatic carbocycles. The Bertz CT molecular complexity index is 1390. The molecule has 0 amide bonds. The first-order valence-electron chi connectivity index (χ1n) is 10.6. The second-order valence-electron chi connectivity index (χ2n) is 7.83. The topological polar surface area (TPSA) is 122 Å². The highest BCUT2D eigenvalue weighted by atomic mass is 79.9. The van der Waals surface area contributed by atoms with Crippen molar-refractivity contribution < 1.29 is 18.3 Å². The molecule has 34 heavy (non-hydrogen) atoms. The zero-order valence-electron chi connectivity index (χ0n) is 18.9. The first-order valence-corrected chi connectivity index (χ1v) is 12.8. The molecule has 10 heteroatoms. The smallest absolute Gasteiger partial charge is 0.277 e. The molecule has 0 unspecified atom stereocenters. The third-order valence-corrected chi connectivity index (χ3v) is 7.48. The highest BCUT2D eigenvalue weighted by Gasteiger charge is 2.31. The maximum atomic E-state index is 13.7. The second-order valence-corrected chi connectivity index (χ2v) is 10.6. The maximum Gasteiger partial charge on any atom is 0.277 e. The standard InChI is InChI=1S/C24H24BrN3O5S/c1-4-20(17-7-5-6-16(12-17)13-26)28-21(14-33-15(2)3)27-23(29)22(24(28)30)34(31,32)19-10-8-18(25)9-11-19/h5-12,15,20,29H,4,14H2,1-3H3/t20-/m0/s1. The molecule has 0 saturated heterocycles. The fourth-order valence-electron chi connectivity index (χ4n) is 3.56. The predicted molar refractivity (Wildman–Crippen MR) is 129 cm³/mol. The summed E-state index contributed by atoms with van der Waals surface area (Å²) in [5, 5.41) is 19.9. The van der Waals surface area contributed by atoms with Crippen molar-refractivity contribution in [2.45, 2.75) is 55.7 Å². The van der Waals surface area contributed by atoms with Gasteiger partial charge in [-0.25, -0.2) is 8.42 Å². The van der Waals surface area contributed by atoms with Crippen LogP contribution in [0.2, 0.25) is 0 Å². The van der Waals surface area contributed by atoms with Gasteiger partial charge < -0.3 is 9.84 Å². The van der Waals surface area contributed by atoms with E-state index in [1.54, 1.807) is 24.3 Å². The van der Waals surface area contributed by atoms with Crippen molar-refractivity contribution in [2.75, 3.05) is 0 Å². The molecule has 3 rings (SSSR count). The van der Waals surface area contributed by atoms with Crippen LogP contribution in [0.15, 0.2) is 67.6 Å². The molecule has 0 aliphatic carbocycles. The van der Waals surface area contributed by atoms with Gasteiger partial charge in [0.05, 0.1) is 28.7 Å². The van der Waals surface area contributed by atoms with Crippen molar-refractivity contribution in [1.29, 1.82) is 5.26 Å². The molecule has 0 fully saturated rings. The average Bonchev–Trinajstić information content (AvgIpc) is 2.79. The number of hydrogen-bond donors (Lipinski definition) is 1. The van der Waals surface area contributed by atoms with Crippen LogP contribution in [0.5, 0.6) is 5.88 Å². The van der Waals surface area contributed by atoms with E-state index in [1.165, 1.54) is 28.8 Å². The van der Waals surface area contributed by atoms with Crippen molar-refractivity contribution in [3.8, 4) is 11.9 Å². The Balaban J connectivity index is 2.30. The molecule has 1 heterocycles. The van der Waals surface area contributed by atoms with Gasteiger partial charge in [0, 0.05) is 4.47 Å². The van der Waals surface area contributed by atoms with Gasteiger partial charge in [-0.05, 0) is 62.2 Å². The number of aromatic hydroxyl groups is 1. The van der Waals surface area contributed by atoms with Crippen LogP contribution in [0.25, 0.3) is 0 Å². The van der Waals surface area contributed by atoms with Crippen LogP contribution in [0, 0.1) is 11.3 Å². The number of rotatable bonds is 8. The minimum absolute atomic E-state index is 0.0835. The van der Waals surface area contributed by atoms with E-state index in [9.17, 15) is 23.6 Å². The lowest BCUT2D eigenvalue weighted by atomic mass is 10.0. The van der Waals surface area contributed by atoms with Crippen LogP contribution < -0.4 is 5.56 Å². The van der Waals surface area contributed by atoms with Gasteiger partial charge in [0.2, 0.25) is 15.7 Å². The second kappa shape index (κ2) is 10.5. The summed E-state index contributed by atoms with van der Waals surface area (Å²) in [4.78, 5) is 16.9. The number of ether oxygens (including phenoxy) is 1. The van der Waals surface area contributed by atoms with E-state index in [0.717, 1.165) is 0 Å². The predicted octanol–water partition coefficient (Wildman–Crippen LogP) is 4.34. The summed E-state index contributed by atoms with van der Waals surface area (Å²) in [6.45, 7) is 5.33. The number of hydrogen-bond acceptors (Lipinski definition) is 7. The lowest BCUT2D eigenvalue weighted by Gasteiger charge is -2.24. The number of aromatic nitrogens is 2. The molecule has 8 nitrogen and oxygen atoms in total. The minimum atomic E-state index is -4.38. The van der Waals surface area contributed by atoms with E-state index >= 15 is 0 Å². The fraction of sp³-hybridized carbons (Fsp3) is 0.292. The number of sulfone groups is 1. The van der Waals surface area contributed by atoms with E-state index in [-0.39, 0.29) is 23.4 Å². The van der Waals surface area contributed by atoms with Gasteiger partial charge in [-0.15, -0.1) is 0 Å². The third kappa shape index (κ3) is 5.22. The molecule has 0 spiro atoms. The molecular formula is C24H24BrN3O5S. The van der Waals surface area contributed by atoms with Crippen molar-refractivity contribution in [1.82, 2.24) is 9.55 Å². The van der Waals surface area contributed by atoms with E-state index < -0.39 is 32.2 Å². The van der Waals surface area contributed by atoms with Crippen LogP contribution in [0.4, 0.5) is 0 Å². The van der Waals surface area contributed by atoms with Crippen LogP contribution in [0.1, 0.15) is 50.2 Å². The quantitative estimate of drug-likeness (QED) is 0.446. The Morgan fingerprint density at radius 1 is 1.21 bits per heavy atom. The summed E-state index contributed by atoms with van der Waals surface area (Å²) in [6.07, 6.45) is 0.203. The maximum absolute atomic E-state index is 13.7. The average molecular weight is 546 g/mol. The van der Waals surface area contributed by atoms with E-state index in [4.69, 9.17) is 4.74 Å². The number of halogens is 1. The van der Waals surface area contributed by atoms with Crippen molar-refractivity contribution >= 4 is 25.8 Å². The molecule has 1 atom stereocenters. The van der Waals surface area contributed by atoms with Crippen LogP contribution in [-0.2, 0) is 21.2 Å². The molecule has 0 saturated carbocycles. The molecule has 1 aromatic heterocycles. The molecular weight excluding hydrogens is 522 g/mol. The summed E-state index contributed by atoms with van der Waals surface area (Å²) in [5.74, 6) is -0.799. The van der Waals surface area contributed by atoms with Gasteiger partial charge in [0.1, 0.15) is 12.4 Å². The SMILES string of the molecule is CC[C@@H](c1cccc(C#N)c1)n1c(COC(C)C)nc(O)c(S(=O)(=O)c2ccc(Br)cc2)c1=O. The summed E-state index contributed by atoms with van der Waals surface area (Å²) in [5.41, 5.74) is 0.124. The van der Waals surface area contributed by atoms with Crippen molar-refractivity contribution in [3.05, 3.63) is 80.3 Å². The zero-order chi connectivity index (χ0) is 25.0. The van der Waals surface area contributed by atoms with E-state index in [1.807, 2.05) is 20.8 Å². The number of nitrogens with zero attached hydrogens (tertiary/aromatic N) is 3. The van der Waals surface area contributed by atoms with Gasteiger partial charge >= 0.3 is 0 Å². The number of benzene rings is 2. The molecule has 0 bridgehead atoms. The first kappa shape index (κ1) is 25.6. The van der Waals surface area contributed by atoms with Crippen LogP contribution >= 0.6 is 15.9 Å². The van der Waals surface area contributed by atoms with Gasteiger partial charge in [-0.1, -0.05) is 35.0 Å². The largest absolute Gasteiger partial charge is 0.492 e. The third-order valence-electron chi connectivity index (χ3n) is 5.17. The summed E-state index contributed by atoms with van der Waals surface area (Å²) >= 11 is 3.25. The Morgan fingerprint density at radius 2 is 1.88 bits per heavy atom. The summed E-state index contributed by atoms with van der Waals surface area (Å²) in [6, 6.07) is 13.9. The minimum Gasteiger partial charge on any atom is -0.492 e. The zero-order valence-corrected chi connectivity index (χ0v) is 21.3. The van der Waals surface area contributed by atoms with Crippen LogP contribution in [-0.4, -0.2) is 29.2 Å². The van der Waals surface area contributed by atoms with E-state index in [0.29, 0.717) is 22.0 Å². The molecule has 0 radical (unpaired) electrons. The Labute approximate surface area is 206 Å². The normalized spacial score (nSPS) is 12.5. The van der Waals surface area contributed by atoms with Gasteiger partial charge in [-0.3, -0.25) is 9.36 Å². The van der Waals surface area contributed by atoms with Crippen LogP contribution in [0.3, 0.4) is 0 Å². The molecule has 178 valence electrons. The first-order chi connectivity index (χ1) is 16.1. The lowest BCUT2D eigenvalue weighted by molar-refractivity contribution is 0.0573. The molecule has 0 aliphatic rings. The Morgan fingerprint density at radius 3 is 2.47 bits per heavy atom. The lowest BCUT2D eigenvalue weighted by Crippen LogP contribution is -2.34. The Kier molecular flexibility index (Phi) is 7.92. The summed E-state index contributed by atoms with van der Waals surface area (Å²) < 4.78 is 34.3. The number of nitriles is 1. The fourth-order valence-corrected chi connectivity index (χ4v) is 5.17. The van der Waals surface area contributed by atoms with Gasteiger partial charge in [0.15, 0.2) is 4.90 Å². The molecule has 1 N–H and O–H groups in total. The van der Waals surface area contributed by atoms with Crippen molar-refractivity contribution in [3.63, 3.8) is 0 Å². The van der Waals surface area contributed by atoms with Crippen molar-refractivity contribution in [2.24, 2.45) is 0 Å². The molecule has 3 aromatic rings. The highest BCUT2D eigenvalue weighted by molar-refractivity contribution is 9.10. The van der Waals surface area contributed by atoms with E-state index in [2.05, 4.69) is 27.0 Å². The highest BCUT2D eigenvalue weighted by Crippen LogP contribution is 2.29.